The van der Waals surface area contributed by atoms with E-state index < -0.39 is 0 Å². The van der Waals surface area contributed by atoms with Gasteiger partial charge in [-0.2, -0.15) is 0 Å². The molecule has 1 spiro atoms. The fourth-order valence-corrected chi connectivity index (χ4v) is 3.73. The van der Waals surface area contributed by atoms with Crippen molar-refractivity contribution >= 4 is 16.6 Å². The number of pyridine rings is 1. The number of aromatic nitrogens is 1. The largest absolute Gasteiger partial charge is 0.508 e. The first-order chi connectivity index (χ1) is 10.2. The maximum atomic E-state index is 9.73. The molecular weight excluding hydrogens is 262 g/mol. The lowest BCUT2D eigenvalue weighted by Crippen LogP contribution is -2.58. The summed E-state index contributed by atoms with van der Waals surface area (Å²) in [6, 6.07) is 7.90. The Hall–Kier alpha value is -1.81. The van der Waals surface area contributed by atoms with Crippen LogP contribution in [0.4, 0.5) is 5.82 Å². The van der Waals surface area contributed by atoms with Crippen LogP contribution in [0.5, 0.6) is 5.75 Å². The second-order valence-electron chi connectivity index (χ2n) is 6.46. The molecule has 1 aromatic carbocycles. The molecule has 1 aromatic heterocycles. The fraction of sp³-hybridized carbons (Fsp3) is 0.471. The molecule has 1 aliphatic carbocycles. The normalized spacial score (nSPS) is 23.9. The molecule has 3 N–H and O–H groups in total. The molecule has 1 aliphatic heterocycles. The number of nitrogens with one attached hydrogen (secondary N) is 2. The van der Waals surface area contributed by atoms with Gasteiger partial charge in [0.1, 0.15) is 11.6 Å². The lowest BCUT2D eigenvalue weighted by Gasteiger charge is -2.48. The van der Waals surface area contributed by atoms with E-state index in [0.717, 1.165) is 29.6 Å². The Morgan fingerprint density at radius 2 is 2.19 bits per heavy atom. The Balaban J connectivity index is 1.60. The summed E-state index contributed by atoms with van der Waals surface area (Å²) >= 11 is 0. The number of aromatic hydroxyl groups is 1. The number of fused-ring (bicyclic) bond motifs is 1. The van der Waals surface area contributed by atoms with E-state index >= 15 is 0 Å². The van der Waals surface area contributed by atoms with Gasteiger partial charge >= 0.3 is 0 Å². The molecule has 1 saturated carbocycles. The molecule has 2 fully saturated rings. The number of phenolic OH excluding ortho intramolecular Hbond substituents is 1. The average Bonchev–Trinajstić information content (AvgIpc) is 2.47. The van der Waals surface area contributed by atoms with Gasteiger partial charge < -0.3 is 15.7 Å². The first-order valence-electron chi connectivity index (χ1n) is 7.83. The molecule has 0 bridgehead atoms. The van der Waals surface area contributed by atoms with Crippen molar-refractivity contribution in [1.29, 1.82) is 0 Å². The maximum Gasteiger partial charge on any atom is 0.134 e. The highest BCUT2D eigenvalue weighted by Gasteiger charge is 2.40. The Kier molecular flexibility index (Phi) is 3.00. The van der Waals surface area contributed by atoms with Crippen molar-refractivity contribution in [2.45, 2.75) is 43.7 Å². The lowest BCUT2D eigenvalue weighted by atomic mass is 9.70. The molecular formula is C17H21N3O. The molecule has 2 aliphatic rings. The van der Waals surface area contributed by atoms with Crippen LogP contribution in [0.2, 0.25) is 0 Å². The van der Waals surface area contributed by atoms with Gasteiger partial charge in [-0.05, 0) is 62.2 Å². The molecule has 4 heteroatoms. The van der Waals surface area contributed by atoms with E-state index in [-0.39, 0.29) is 0 Å². The number of hydrogen-bond donors (Lipinski definition) is 3. The molecule has 0 amide bonds. The van der Waals surface area contributed by atoms with Crippen LogP contribution in [0, 0.1) is 0 Å². The van der Waals surface area contributed by atoms with E-state index in [4.69, 9.17) is 0 Å². The summed E-state index contributed by atoms with van der Waals surface area (Å²) in [4.78, 5) is 4.49. The molecule has 1 unspecified atom stereocenters. The maximum absolute atomic E-state index is 9.73. The molecule has 21 heavy (non-hydrogen) atoms. The SMILES string of the molecule is Oc1ccc2ccnc(NC3CCNC4(CCC4)C3)c2c1. The van der Waals surface area contributed by atoms with E-state index in [1.54, 1.807) is 12.1 Å². The third kappa shape index (κ3) is 2.33. The van der Waals surface area contributed by atoms with Crippen LogP contribution in [-0.2, 0) is 0 Å². The van der Waals surface area contributed by atoms with Gasteiger partial charge in [-0.15, -0.1) is 0 Å². The smallest absolute Gasteiger partial charge is 0.134 e. The zero-order valence-corrected chi connectivity index (χ0v) is 12.1. The lowest BCUT2D eigenvalue weighted by molar-refractivity contribution is 0.135. The van der Waals surface area contributed by atoms with Gasteiger partial charge in [0.25, 0.3) is 0 Å². The zero-order valence-electron chi connectivity index (χ0n) is 12.1. The molecule has 0 radical (unpaired) electrons. The van der Waals surface area contributed by atoms with Gasteiger partial charge in [0.05, 0.1) is 0 Å². The summed E-state index contributed by atoms with van der Waals surface area (Å²) in [5.41, 5.74) is 0.378. The number of anilines is 1. The van der Waals surface area contributed by atoms with Crippen molar-refractivity contribution in [1.82, 2.24) is 10.3 Å². The van der Waals surface area contributed by atoms with Gasteiger partial charge in [0.2, 0.25) is 0 Å². The van der Waals surface area contributed by atoms with E-state index in [2.05, 4.69) is 15.6 Å². The second kappa shape index (κ2) is 4.88. The molecule has 4 rings (SSSR count). The third-order valence-electron chi connectivity index (χ3n) is 5.03. The van der Waals surface area contributed by atoms with Gasteiger partial charge in [-0.25, -0.2) is 4.98 Å². The minimum atomic E-state index is 0.291. The van der Waals surface area contributed by atoms with Crippen molar-refractivity contribution in [3.05, 3.63) is 30.5 Å². The second-order valence-corrected chi connectivity index (χ2v) is 6.46. The van der Waals surface area contributed by atoms with Crippen molar-refractivity contribution < 1.29 is 5.11 Å². The standard InChI is InChI=1S/C17H21N3O/c21-14-3-2-12-4-8-18-16(15(12)10-14)20-13-5-9-19-17(11-13)6-1-7-17/h2-4,8,10,13,19,21H,1,5-7,9,11H2,(H,18,20). The van der Waals surface area contributed by atoms with Crippen molar-refractivity contribution in [2.75, 3.05) is 11.9 Å². The van der Waals surface area contributed by atoms with Gasteiger partial charge in [-0.3, -0.25) is 0 Å². The van der Waals surface area contributed by atoms with Gasteiger partial charge in [0.15, 0.2) is 0 Å². The van der Waals surface area contributed by atoms with E-state index in [1.165, 1.54) is 25.7 Å². The summed E-state index contributed by atoms with van der Waals surface area (Å²) in [6.07, 6.45) is 8.08. The quantitative estimate of drug-likeness (QED) is 0.793. The number of nitrogens with zero attached hydrogens (tertiary/aromatic N) is 1. The van der Waals surface area contributed by atoms with Gasteiger partial charge in [0, 0.05) is 23.2 Å². The Labute approximate surface area is 124 Å². The zero-order chi connectivity index (χ0) is 14.3. The van der Waals surface area contributed by atoms with Crippen LogP contribution in [-0.4, -0.2) is 28.2 Å². The van der Waals surface area contributed by atoms with Crippen LogP contribution >= 0.6 is 0 Å². The predicted molar refractivity (Wildman–Crippen MR) is 84.6 cm³/mol. The minimum Gasteiger partial charge on any atom is -0.508 e. The molecule has 2 heterocycles. The number of rotatable bonds is 2. The van der Waals surface area contributed by atoms with Crippen molar-refractivity contribution in [3.8, 4) is 5.75 Å². The topological polar surface area (TPSA) is 57.2 Å². The Morgan fingerprint density at radius 3 is 3.00 bits per heavy atom. The van der Waals surface area contributed by atoms with Crippen molar-refractivity contribution in [2.24, 2.45) is 0 Å². The Morgan fingerprint density at radius 1 is 1.29 bits per heavy atom. The highest BCUT2D eigenvalue weighted by molar-refractivity contribution is 5.92. The summed E-state index contributed by atoms with van der Waals surface area (Å²) in [5.74, 6) is 1.18. The molecule has 1 saturated heterocycles. The number of phenols is 1. The van der Waals surface area contributed by atoms with Gasteiger partial charge in [-0.1, -0.05) is 6.07 Å². The number of benzene rings is 1. The summed E-state index contributed by atoms with van der Waals surface area (Å²) in [7, 11) is 0. The number of hydrogen-bond acceptors (Lipinski definition) is 4. The van der Waals surface area contributed by atoms with Crippen LogP contribution < -0.4 is 10.6 Å². The molecule has 4 nitrogen and oxygen atoms in total. The monoisotopic (exact) mass is 283 g/mol. The molecule has 1 atom stereocenters. The molecule has 2 aromatic rings. The van der Waals surface area contributed by atoms with Crippen LogP contribution in [0.1, 0.15) is 32.1 Å². The minimum absolute atomic E-state index is 0.291. The molecule has 110 valence electrons. The average molecular weight is 283 g/mol. The summed E-state index contributed by atoms with van der Waals surface area (Å²) < 4.78 is 0. The van der Waals surface area contributed by atoms with E-state index in [1.807, 2.05) is 18.3 Å². The first kappa shape index (κ1) is 12.9. The Bertz CT molecular complexity index is 666. The van der Waals surface area contributed by atoms with Crippen LogP contribution in [0.25, 0.3) is 10.8 Å². The first-order valence-corrected chi connectivity index (χ1v) is 7.83. The van der Waals surface area contributed by atoms with E-state index in [9.17, 15) is 5.11 Å². The highest BCUT2D eigenvalue weighted by Crippen LogP contribution is 2.39. The third-order valence-corrected chi connectivity index (χ3v) is 5.03. The van der Waals surface area contributed by atoms with Crippen molar-refractivity contribution in [3.63, 3.8) is 0 Å². The highest BCUT2D eigenvalue weighted by atomic mass is 16.3. The fourth-order valence-electron chi connectivity index (χ4n) is 3.73. The predicted octanol–water partition coefficient (Wildman–Crippen LogP) is 3.03. The van der Waals surface area contributed by atoms with Crippen LogP contribution in [0.3, 0.4) is 0 Å². The number of piperidine rings is 1. The summed E-state index contributed by atoms with van der Waals surface area (Å²) in [5, 5.41) is 19.1. The van der Waals surface area contributed by atoms with Crippen LogP contribution in [0.15, 0.2) is 30.5 Å². The van der Waals surface area contributed by atoms with E-state index in [0.29, 0.717) is 17.3 Å². The summed E-state index contributed by atoms with van der Waals surface area (Å²) in [6.45, 7) is 1.08.